The summed E-state index contributed by atoms with van der Waals surface area (Å²) in [5, 5.41) is 25.8. The maximum Gasteiger partial charge on any atom is 0.322 e. The first-order valence-electron chi connectivity index (χ1n) is 9.62. The lowest BCUT2D eigenvalue weighted by Crippen LogP contribution is -2.45. The zero-order chi connectivity index (χ0) is 21.6. The van der Waals surface area contributed by atoms with Gasteiger partial charge < -0.3 is 15.3 Å². The molecule has 3 heterocycles. The van der Waals surface area contributed by atoms with Gasteiger partial charge in [-0.3, -0.25) is 4.68 Å². The number of fused-ring (bicyclic) bond motifs is 3. The van der Waals surface area contributed by atoms with E-state index in [1.54, 1.807) is 13.0 Å². The lowest BCUT2D eigenvalue weighted by atomic mass is 9.96. The van der Waals surface area contributed by atoms with Crippen molar-refractivity contribution in [3.05, 3.63) is 46.5 Å². The number of nitrogens with zero attached hydrogens (tertiary/aromatic N) is 4. The average molecular weight is 419 g/mol. The number of carbonyl (C=O) groups is 1. The number of aromatic nitrogens is 2. The molecule has 0 saturated heterocycles. The Bertz CT molecular complexity index is 1050. The molecular weight excluding hydrogens is 399 g/mol. The van der Waals surface area contributed by atoms with E-state index in [2.05, 4.69) is 10.4 Å². The van der Waals surface area contributed by atoms with Gasteiger partial charge in [0.15, 0.2) is 0 Å². The number of rotatable bonds is 1. The zero-order valence-electron chi connectivity index (χ0n) is 16.2. The van der Waals surface area contributed by atoms with Gasteiger partial charge in [-0.2, -0.15) is 19.1 Å². The molecule has 2 N–H and O–H groups in total. The Kier molecular flexibility index (Phi) is 4.94. The Hall–Kier alpha value is -3.06. The van der Waals surface area contributed by atoms with Crippen molar-refractivity contribution < 1.29 is 23.1 Å². The van der Waals surface area contributed by atoms with Gasteiger partial charge >= 0.3 is 6.03 Å². The summed E-state index contributed by atoms with van der Waals surface area (Å²) in [6.07, 6.45) is -1.12. The number of halogens is 3. The molecule has 2 amide bonds. The van der Waals surface area contributed by atoms with Gasteiger partial charge in [0.2, 0.25) is 0 Å². The van der Waals surface area contributed by atoms with E-state index in [-0.39, 0.29) is 42.5 Å². The number of anilines is 1. The molecule has 7 nitrogen and oxygen atoms in total. The molecule has 0 aliphatic carbocycles. The van der Waals surface area contributed by atoms with Gasteiger partial charge in [0.1, 0.15) is 17.6 Å². The van der Waals surface area contributed by atoms with Crippen LogP contribution in [0.15, 0.2) is 18.2 Å². The van der Waals surface area contributed by atoms with Crippen molar-refractivity contribution in [1.29, 1.82) is 5.26 Å². The number of hydrogen-bond acceptors (Lipinski definition) is 4. The highest BCUT2D eigenvalue weighted by Crippen LogP contribution is 2.41. The van der Waals surface area contributed by atoms with Crippen LogP contribution in [0.4, 0.5) is 23.7 Å². The third-order valence-electron chi connectivity index (χ3n) is 5.60. The van der Waals surface area contributed by atoms with Gasteiger partial charge in [-0.25, -0.2) is 9.18 Å². The van der Waals surface area contributed by atoms with Crippen LogP contribution < -0.4 is 5.32 Å². The molecule has 4 rings (SSSR count). The van der Waals surface area contributed by atoms with E-state index in [0.29, 0.717) is 17.7 Å². The number of urea groups is 1. The average Bonchev–Trinajstić information content (AvgIpc) is 2.99. The van der Waals surface area contributed by atoms with Crippen molar-refractivity contribution in [1.82, 2.24) is 14.7 Å². The van der Waals surface area contributed by atoms with Crippen LogP contribution in [0.3, 0.4) is 0 Å². The van der Waals surface area contributed by atoms with Crippen LogP contribution in [0, 0.1) is 17.1 Å². The standard InChI is InChI=1S/C20H20F3N5O2/c1-11-6-17-15(18-20(22,23)5-4-14(29)9-28(18)26-17)10-27(11)19(30)25-13-2-3-16(21)12(7-13)8-24/h2-3,7,11,14,29H,4-6,9-10H2,1H3,(H,25,30). The van der Waals surface area contributed by atoms with Crippen molar-refractivity contribution in [2.24, 2.45) is 0 Å². The number of carbonyl (C=O) groups excluding carboxylic acids is 1. The molecule has 2 unspecified atom stereocenters. The fourth-order valence-electron chi connectivity index (χ4n) is 4.05. The van der Waals surface area contributed by atoms with Crippen molar-refractivity contribution in [3.63, 3.8) is 0 Å². The minimum absolute atomic E-state index is 0.00891. The lowest BCUT2D eigenvalue weighted by molar-refractivity contribution is -0.0250. The maximum atomic E-state index is 14.8. The number of benzene rings is 1. The molecule has 0 spiro atoms. The Morgan fingerprint density at radius 2 is 2.20 bits per heavy atom. The molecule has 0 bridgehead atoms. The number of alkyl halides is 2. The highest BCUT2D eigenvalue weighted by atomic mass is 19.3. The second kappa shape index (κ2) is 7.32. The lowest BCUT2D eigenvalue weighted by Gasteiger charge is -2.33. The molecule has 158 valence electrons. The molecule has 2 aliphatic heterocycles. The highest BCUT2D eigenvalue weighted by molar-refractivity contribution is 5.90. The molecule has 2 aliphatic rings. The summed E-state index contributed by atoms with van der Waals surface area (Å²) >= 11 is 0. The molecule has 0 saturated carbocycles. The molecule has 1 aromatic carbocycles. The van der Waals surface area contributed by atoms with Crippen molar-refractivity contribution in [2.45, 2.75) is 57.3 Å². The summed E-state index contributed by atoms with van der Waals surface area (Å²) in [5.74, 6) is -3.85. The fraction of sp³-hybridized carbons (Fsp3) is 0.450. The molecule has 10 heteroatoms. The number of nitrogens with one attached hydrogen (secondary N) is 1. The van der Waals surface area contributed by atoms with Gasteiger partial charge in [0, 0.05) is 30.1 Å². The smallest absolute Gasteiger partial charge is 0.322 e. The summed E-state index contributed by atoms with van der Waals surface area (Å²) in [7, 11) is 0. The molecule has 2 aromatic rings. The van der Waals surface area contributed by atoms with Gasteiger partial charge in [0.05, 0.1) is 30.5 Å². The monoisotopic (exact) mass is 419 g/mol. The second-order valence-corrected chi connectivity index (χ2v) is 7.77. The van der Waals surface area contributed by atoms with Gasteiger partial charge in [-0.05, 0) is 31.5 Å². The third kappa shape index (κ3) is 3.50. The molecule has 0 radical (unpaired) electrons. The number of nitriles is 1. The predicted octanol–water partition coefficient (Wildman–Crippen LogP) is 3.12. The van der Waals surface area contributed by atoms with Crippen LogP contribution in [-0.4, -0.2) is 38.0 Å². The normalized spacial score (nSPS) is 22.5. The quantitative estimate of drug-likeness (QED) is 0.743. The van der Waals surface area contributed by atoms with Gasteiger partial charge in [0.25, 0.3) is 5.92 Å². The van der Waals surface area contributed by atoms with E-state index in [1.165, 1.54) is 21.7 Å². The Labute approximate surface area is 170 Å². The number of aliphatic hydroxyl groups excluding tert-OH is 1. The Morgan fingerprint density at radius 3 is 2.93 bits per heavy atom. The van der Waals surface area contributed by atoms with Crippen LogP contribution in [0.1, 0.15) is 42.3 Å². The molecule has 1 aromatic heterocycles. The first-order chi connectivity index (χ1) is 14.2. The van der Waals surface area contributed by atoms with E-state index < -0.39 is 30.3 Å². The van der Waals surface area contributed by atoms with E-state index in [4.69, 9.17) is 5.26 Å². The third-order valence-corrected chi connectivity index (χ3v) is 5.60. The summed E-state index contributed by atoms with van der Waals surface area (Å²) < 4.78 is 44.3. The number of hydrogen-bond donors (Lipinski definition) is 2. The summed E-state index contributed by atoms with van der Waals surface area (Å²) in [4.78, 5) is 14.2. The van der Waals surface area contributed by atoms with Crippen LogP contribution in [0.5, 0.6) is 0 Å². The molecular formula is C20H20F3N5O2. The minimum Gasteiger partial charge on any atom is -0.391 e. The SMILES string of the molecule is CC1Cc2nn3c(c2CN1C(=O)Nc1ccc(F)c(C#N)c1)C(F)(F)CCC(O)C3. The summed E-state index contributed by atoms with van der Waals surface area (Å²) in [6, 6.07) is 4.47. The van der Waals surface area contributed by atoms with Gasteiger partial charge in [-0.15, -0.1) is 0 Å². The van der Waals surface area contributed by atoms with Crippen molar-refractivity contribution >= 4 is 11.7 Å². The van der Waals surface area contributed by atoms with E-state index in [1.807, 2.05) is 0 Å². The van der Waals surface area contributed by atoms with Crippen LogP contribution in [-0.2, 0) is 25.4 Å². The molecule has 30 heavy (non-hydrogen) atoms. The topological polar surface area (TPSA) is 94.2 Å². The maximum absolute atomic E-state index is 14.8. The van der Waals surface area contributed by atoms with Crippen LogP contribution >= 0.6 is 0 Å². The van der Waals surface area contributed by atoms with E-state index in [9.17, 15) is 23.1 Å². The highest BCUT2D eigenvalue weighted by Gasteiger charge is 2.44. The van der Waals surface area contributed by atoms with E-state index >= 15 is 0 Å². The first kappa shape index (κ1) is 20.2. The number of aliphatic hydroxyl groups is 1. The van der Waals surface area contributed by atoms with Gasteiger partial charge in [-0.1, -0.05) is 0 Å². The van der Waals surface area contributed by atoms with Crippen molar-refractivity contribution in [2.75, 3.05) is 5.32 Å². The largest absolute Gasteiger partial charge is 0.391 e. The summed E-state index contributed by atoms with van der Waals surface area (Å²) in [6.45, 7) is 1.71. The molecule has 2 atom stereocenters. The fourth-order valence-corrected chi connectivity index (χ4v) is 4.05. The van der Waals surface area contributed by atoms with Crippen molar-refractivity contribution in [3.8, 4) is 6.07 Å². The Morgan fingerprint density at radius 1 is 1.43 bits per heavy atom. The number of amides is 2. The Balaban J connectivity index is 1.62. The predicted molar refractivity (Wildman–Crippen MR) is 100 cm³/mol. The minimum atomic E-state index is -3.15. The zero-order valence-corrected chi connectivity index (χ0v) is 16.2. The first-order valence-corrected chi connectivity index (χ1v) is 9.62. The van der Waals surface area contributed by atoms with E-state index in [0.717, 1.165) is 6.07 Å². The second-order valence-electron chi connectivity index (χ2n) is 7.77. The van der Waals surface area contributed by atoms with Crippen LogP contribution in [0.25, 0.3) is 0 Å². The summed E-state index contributed by atoms with van der Waals surface area (Å²) in [5.41, 5.74) is 0.593. The molecule has 0 fully saturated rings. The van der Waals surface area contributed by atoms with Crippen LogP contribution in [0.2, 0.25) is 0 Å².